The number of carbonyl (C=O) groups excluding carboxylic acids is 1. The number of primary amides is 1. The fourth-order valence-electron chi connectivity index (χ4n) is 1.28. The van der Waals surface area contributed by atoms with Crippen LogP contribution >= 0.6 is 15.9 Å². The number of amides is 1. The fraction of sp³-hybridized carbons (Fsp3) is 0.364. The maximum Gasteiger partial charge on any atom is 0.255 e. The Morgan fingerprint density at radius 1 is 1.53 bits per heavy atom. The summed E-state index contributed by atoms with van der Waals surface area (Å²) < 4.78 is 6.21. The molecule has 5 nitrogen and oxygen atoms in total. The highest BCUT2D eigenvalue weighted by atomic mass is 79.9. The van der Waals surface area contributed by atoms with Gasteiger partial charge in [-0.05, 0) is 18.2 Å². The van der Waals surface area contributed by atoms with Gasteiger partial charge in [-0.15, -0.1) is 0 Å². The molecule has 6 heteroatoms. The van der Waals surface area contributed by atoms with E-state index in [9.17, 15) is 4.79 Å². The number of hydrogen-bond acceptors (Lipinski definition) is 4. The number of aliphatic hydroxyl groups is 1. The number of rotatable bonds is 7. The van der Waals surface area contributed by atoms with Crippen LogP contribution in [0.3, 0.4) is 0 Å². The standard InChI is InChI=1S/C11H15BrN2O3/c12-9-1-2-10(17-7-11(13)16)8(5-9)6-14-3-4-15/h1-2,5,14-15H,3-4,6-7H2,(H2,13,16). The van der Waals surface area contributed by atoms with Gasteiger partial charge in [-0.25, -0.2) is 0 Å². The molecule has 94 valence electrons. The van der Waals surface area contributed by atoms with Gasteiger partial charge < -0.3 is 20.9 Å². The van der Waals surface area contributed by atoms with Crippen LogP contribution < -0.4 is 15.8 Å². The molecule has 0 bridgehead atoms. The number of benzene rings is 1. The molecule has 0 atom stereocenters. The van der Waals surface area contributed by atoms with Gasteiger partial charge in [0, 0.05) is 23.1 Å². The third-order valence-electron chi connectivity index (χ3n) is 2.00. The Labute approximate surface area is 108 Å². The number of nitrogens with one attached hydrogen (secondary N) is 1. The number of halogens is 1. The smallest absolute Gasteiger partial charge is 0.255 e. The van der Waals surface area contributed by atoms with E-state index in [2.05, 4.69) is 21.2 Å². The van der Waals surface area contributed by atoms with Crippen LogP contribution in [0.4, 0.5) is 0 Å². The molecule has 1 aromatic rings. The van der Waals surface area contributed by atoms with Crippen molar-refractivity contribution in [1.29, 1.82) is 0 Å². The molecule has 0 unspecified atom stereocenters. The van der Waals surface area contributed by atoms with Crippen molar-refractivity contribution in [2.24, 2.45) is 5.73 Å². The lowest BCUT2D eigenvalue weighted by molar-refractivity contribution is -0.119. The van der Waals surface area contributed by atoms with Crippen LogP contribution in [0.25, 0.3) is 0 Å². The Morgan fingerprint density at radius 2 is 2.29 bits per heavy atom. The van der Waals surface area contributed by atoms with Crippen molar-refractivity contribution in [2.75, 3.05) is 19.8 Å². The average molecular weight is 303 g/mol. The summed E-state index contributed by atoms with van der Waals surface area (Å²) in [6.45, 7) is 0.982. The lowest BCUT2D eigenvalue weighted by Crippen LogP contribution is -2.22. The van der Waals surface area contributed by atoms with Crippen molar-refractivity contribution in [3.8, 4) is 5.75 Å². The number of hydrogen-bond donors (Lipinski definition) is 3. The van der Waals surface area contributed by atoms with Gasteiger partial charge in [0.25, 0.3) is 5.91 Å². The minimum atomic E-state index is -0.512. The predicted octanol–water partition coefficient (Wildman–Crippen LogP) is 0.395. The molecular formula is C11H15BrN2O3. The topological polar surface area (TPSA) is 84.6 Å². The molecule has 4 N–H and O–H groups in total. The summed E-state index contributed by atoms with van der Waals surface area (Å²) in [5.74, 6) is 0.0969. The van der Waals surface area contributed by atoms with Gasteiger partial charge in [0.2, 0.25) is 0 Å². The summed E-state index contributed by atoms with van der Waals surface area (Å²) in [5, 5.41) is 11.7. The molecule has 0 spiro atoms. The van der Waals surface area contributed by atoms with Gasteiger partial charge in [-0.3, -0.25) is 4.79 Å². The molecule has 1 aromatic carbocycles. The first-order valence-corrected chi connectivity index (χ1v) is 5.94. The summed E-state index contributed by atoms with van der Waals surface area (Å²) in [4.78, 5) is 10.7. The Kier molecular flexibility index (Phi) is 5.96. The zero-order valence-electron chi connectivity index (χ0n) is 9.28. The van der Waals surface area contributed by atoms with Gasteiger partial charge in [-0.2, -0.15) is 0 Å². The molecule has 0 aliphatic carbocycles. The lowest BCUT2D eigenvalue weighted by Gasteiger charge is -2.11. The van der Waals surface area contributed by atoms with E-state index in [4.69, 9.17) is 15.6 Å². The van der Waals surface area contributed by atoms with E-state index in [0.29, 0.717) is 18.8 Å². The molecular weight excluding hydrogens is 288 g/mol. The molecule has 0 heterocycles. The molecule has 0 aliphatic rings. The normalized spacial score (nSPS) is 10.2. The van der Waals surface area contributed by atoms with Gasteiger partial charge in [-0.1, -0.05) is 15.9 Å². The SMILES string of the molecule is NC(=O)COc1ccc(Br)cc1CNCCO. The third-order valence-corrected chi connectivity index (χ3v) is 2.49. The molecule has 0 fully saturated rings. The quantitative estimate of drug-likeness (QED) is 0.636. The second-order valence-electron chi connectivity index (χ2n) is 3.41. The third kappa shape index (κ3) is 5.16. The second kappa shape index (κ2) is 7.26. The highest BCUT2D eigenvalue weighted by molar-refractivity contribution is 9.10. The first-order chi connectivity index (χ1) is 8.13. The number of aliphatic hydroxyl groups excluding tert-OH is 1. The van der Waals surface area contributed by atoms with Gasteiger partial charge in [0.05, 0.1) is 6.61 Å². The molecule has 0 aromatic heterocycles. The highest BCUT2D eigenvalue weighted by Crippen LogP contribution is 2.23. The van der Waals surface area contributed by atoms with Crippen molar-refractivity contribution < 1.29 is 14.6 Å². The lowest BCUT2D eigenvalue weighted by atomic mass is 10.2. The molecule has 17 heavy (non-hydrogen) atoms. The molecule has 0 aliphatic heterocycles. The Balaban J connectivity index is 2.69. The van der Waals surface area contributed by atoms with Crippen LogP contribution in [0.2, 0.25) is 0 Å². The molecule has 0 radical (unpaired) electrons. The van der Waals surface area contributed by atoms with Crippen molar-refractivity contribution in [3.05, 3.63) is 28.2 Å². The summed E-state index contributed by atoms with van der Waals surface area (Å²) in [6.07, 6.45) is 0. The maximum atomic E-state index is 10.7. The Hall–Kier alpha value is -1.11. The predicted molar refractivity (Wildman–Crippen MR) is 67.6 cm³/mol. The number of carbonyl (C=O) groups is 1. The second-order valence-corrected chi connectivity index (χ2v) is 4.32. The Bertz CT molecular complexity index is 385. The van der Waals surface area contributed by atoms with E-state index < -0.39 is 5.91 Å². The van der Waals surface area contributed by atoms with E-state index in [0.717, 1.165) is 10.0 Å². The van der Waals surface area contributed by atoms with E-state index in [1.54, 1.807) is 6.07 Å². The first kappa shape index (κ1) is 14.0. The van der Waals surface area contributed by atoms with Crippen LogP contribution in [0.5, 0.6) is 5.75 Å². The van der Waals surface area contributed by atoms with Gasteiger partial charge in [0.15, 0.2) is 6.61 Å². The van der Waals surface area contributed by atoms with E-state index in [1.807, 2.05) is 12.1 Å². The van der Waals surface area contributed by atoms with Gasteiger partial charge in [0.1, 0.15) is 5.75 Å². The molecule has 1 amide bonds. The largest absolute Gasteiger partial charge is 0.483 e. The van der Waals surface area contributed by atoms with E-state index in [-0.39, 0.29) is 13.2 Å². The van der Waals surface area contributed by atoms with Crippen LogP contribution in [-0.2, 0) is 11.3 Å². The Morgan fingerprint density at radius 3 is 2.94 bits per heavy atom. The average Bonchev–Trinajstić information content (AvgIpc) is 2.28. The number of ether oxygens (including phenoxy) is 1. The first-order valence-electron chi connectivity index (χ1n) is 5.14. The molecule has 1 rings (SSSR count). The zero-order valence-corrected chi connectivity index (χ0v) is 10.9. The van der Waals surface area contributed by atoms with Crippen molar-refractivity contribution in [3.63, 3.8) is 0 Å². The summed E-state index contributed by atoms with van der Waals surface area (Å²) in [6, 6.07) is 5.48. The minimum absolute atomic E-state index is 0.0749. The fourth-order valence-corrected chi connectivity index (χ4v) is 1.69. The maximum absolute atomic E-state index is 10.7. The zero-order chi connectivity index (χ0) is 12.7. The summed E-state index contributed by atoms with van der Waals surface area (Å²) in [7, 11) is 0. The number of nitrogens with two attached hydrogens (primary N) is 1. The van der Waals surface area contributed by atoms with E-state index >= 15 is 0 Å². The van der Waals surface area contributed by atoms with Crippen LogP contribution in [0.1, 0.15) is 5.56 Å². The van der Waals surface area contributed by atoms with Crippen molar-refractivity contribution in [1.82, 2.24) is 5.32 Å². The minimum Gasteiger partial charge on any atom is -0.483 e. The summed E-state index contributed by atoms with van der Waals surface area (Å²) >= 11 is 3.36. The van der Waals surface area contributed by atoms with Crippen LogP contribution in [0.15, 0.2) is 22.7 Å². The monoisotopic (exact) mass is 302 g/mol. The van der Waals surface area contributed by atoms with Crippen molar-refractivity contribution in [2.45, 2.75) is 6.54 Å². The summed E-state index contributed by atoms with van der Waals surface area (Å²) in [5.41, 5.74) is 5.92. The molecule has 0 saturated heterocycles. The van der Waals surface area contributed by atoms with Crippen LogP contribution in [-0.4, -0.2) is 30.8 Å². The van der Waals surface area contributed by atoms with E-state index in [1.165, 1.54) is 0 Å². The van der Waals surface area contributed by atoms with Gasteiger partial charge >= 0.3 is 0 Å². The van der Waals surface area contributed by atoms with Crippen LogP contribution in [0, 0.1) is 0 Å². The van der Waals surface area contributed by atoms with Crippen molar-refractivity contribution >= 4 is 21.8 Å². The molecule has 0 saturated carbocycles. The highest BCUT2D eigenvalue weighted by Gasteiger charge is 2.05.